The zero-order valence-electron chi connectivity index (χ0n) is 11.4. The molecule has 1 N–H and O–H groups in total. The molecule has 0 aliphatic carbocycles. The van der Waals surface area contributed by atoms with E-state index in [4.69, 9.17) is 0 Å². The monoisotopic (exact) mass is 279 g/mol. The number of nitrogens with one attached hydrogen (secondary N) is 1. The molecule has 1 rings (SSSR count). The summed E-state index contributed by atoms with van der Waals surface area (Å²) in [5, 5.41) is 7.26. The van der Waals surface area contributed by atoms with Crippen LogP contribution in [0, 0.1) is 0 Å². The van der Waals surface area contributed by atoms with Gasteiger partial charge in [0.05, 0.1) is 12.3 Å². The standard InChI is InChI=1S/C12H20F3N3O/c1-4-9-5-11(18(3)17-9)6-10(16-2)7-19-8-12(13,14)15/h5,10,16H,4,6-8H2,1-3H3. The predicted octanol–water partition coefficient (Wildman–Crippen LogP) is 1.69. The van der Waals surface area contributed by atoms with E-state index >= 15 is 0 Å². The molecule has 0 radical (unpaired) electrons. The molecule has 1 heterocycles. The van der Waals surface area contributed by atoms with Gasteiger partial charge in [0.15, 0.2) is 0 Å². The molecule has 1 unspecified atom stereocenters. The van der Waals surface area contributed by atoms with Crippen molar-refractivity contribution in [2.75, 3.05) is 20.3 Å². The lowest BCUT2D eigenvalue weighted by Gasteiger charge is -2.17. The van der Waals surface area contributed by atoms with Crippen LogP contribution >= 0.6 is 0 Å². The number of halogens is 3. The lowest BCUT2D eigenvalue weighted by molar-refractivity contribution is -0.175. The number of ether oxygens (including phenoxy) is 1. The van der Waals surface area contributed by atoms with Crippen molar-refractivity contribution in [2.24, 2.45) is 7.05 Å². The van der Waals surface area contributed by atoms with Gasteiger partial charge in [-0.1, -0.05) is 6.92 Å². The molecule has 1 aromatic rings. The van der Waals surface area contributed by atoms with Gasteiger partial charge in [-0.15, -0.1) is 0 Å². The number of aryl methyl sites for hydroxylation is 2. The third-order valence-electron chi connectivity index (χ3n) is 2.84. The van der Waals surface area contributed by atoms with Gasteiger partial charge in [0, 0.05) is 25.2 Å². The lowest BCUT2D eigenvalue weighted by Crippen LogP contribution is -2.34. The Hall–Kier alpha value is -1.08. The zero-order valence-corrected chi connectivity index (χ0v) is 11.4. The molecule has 1 atom stereocenters. The van der Waals surface area contributed by atoms with Crippen molar-refractivity contribution in [3.63, 3.8) is 0 Å². The van der Waals surface area contributed by atoms with E-state index in [1.165, 1.54) is 0 Å². The number of nitrogens with zero attached hydrogens (tertiary/aromatic N) is 2. The SMILES string of the molecule is CCc1cc(CC(COCC(F)(F)F)NC)n(C)n1. The van der Waals surface area contributed by atoms with Crippen LogP contribution in [-0.2, 0) is 24.6 Å². The molecule has 0 spiro atoms. The summed E-state index contributed by atoms with van der Waals surface area (Å²) >= 11 is 0. The second-order valence-corrected chi connectivity index (χ2v) is 4.42. The first-order chi connectivity index (χ1) is 8.85. The number of likely N-dealkylation sites (N-methyl/N-ethyl adjacent to an activating group) is 1. The van der Waals surface area contributed by atoms with Gasteiger partial charge < -0.3 is 10.1 Å². The van der Waals surface area contributed by atoms with Gasteiger partial charge in [-0.2, -0.15) is 18.3 Å². The van der Waals surface area contributed by atoms with Gasteiger partial charge in [-0.25, -0.2) is 0 Å². The molecule has 7 heteroatoms. The maximum Gasteiger partial charge on any atom is 0.411 e. The highest BCUT2D eigenvalue weighted by Crippen LogP contribution is 2.15. The Morgan fingerprint density at radius 2 is 2.16 bits per heavy atom. The molecule has 19 heavy (non-hydrogen) atoms. The summed E-state index contributed by atoms with van der Waals surface area (Å²) in [6, 6.07) is 1.80. The maximum atomic E-state index is 12.0. The smallest absolute Gasteiger partial charge is 0.370 e. The average Bonchev–Trinajstić information content (AvgIpc) is 2.67. The molecule has 0 aromatic carbocycles. The van der Waals surface area contributed by atoms with Crippen LogP contribution in [0.2, 0.25) is 0 Å². The van der Waals surface area contributed by atoms with Crippen LogP contribution in [-0.4, -0.2) is 42.3 Å². The zero-order chi connectivity index (χ0) is 14.5. The number of rotatable bonds is 7. The first-order valence-electron chi connectivity index (χ1n) is 6.19. The van der Waals surface area contributed by atoms with Crippen LogP contribution in [0.5, 0.6) is 0 Å². The summed E-state index contributed by atoms with van der Waals surface area (Å²) < 4.78 is 42.4. The van der Waals surface area contributed by atoms with E-state index in [1.54, 1.807) is 11.7 Å². The molecule has 0 saturated heterocycles. The third kappa shape index (κ3) is 5.61. The van der Waals surface area contributed by atoms with Gasteiger partial charge in [0.2, 0.25) is 0 Å². The summed E-state index contributed by atoms with van der Waals surface area (Å²) in [4.78, 5) is 0. The Bertz CT molecular complexity index is 390. The fourth-order valence-electron chi connectivity index (χ4n) is 1.75. The van der Waals surface area contributed by atoms with Gasteiger partial charge >= 0.3 is 6.18 Å². The molecule has 0 saturated carbocycles. The van der Waals surface area contributed by atoms with Crippen molar-refractivity contribution in [1.29, 1.82) is 0 Å². The first kappa shape index (κ1) is 16.0. The van der Waals surface area contributed by atoms with E-state index in [1.807, 2.05) is 20.0 Å². The summed E-state index contributed by atoms with van der Waals surface area (Å²) in [5.41, 5.74) is 1.95. The highest BCUT2D eigenvalue weighted by atomic mass is 19.4. The van der Waals surface area contributed by atoms with Crippen molar-refractivity contribution in [2.45, 2.75) is 32.0 Å². The van der Waals surface area contributed by atoms with Crippen LogP contribution < -0.4 is 5.32 Å². The first-order valence-corrected chi connectivity index (χ1v) is 6.19. The summed E-state index contributed by atoms with van der Waals surface area (Å²) in [6.45, 7) is 0.813. The van der Waals surface area contributed by atoms with Gasteiger partial charge in [0.1, 0.15) is 6.61 Å². The van der Waals surface area contributed by atoms with Crippen LogP contribution in [0.1, 0.15) is 18.3 Å². The quantitative estimate of drug-likeness (QED) is 0.825. The largest absolute Gasteiger partial charge is 0.411 e. The average molecular weight is 279 g/mol. The fourth-order valence-corrected chi connectivity index (χ4v) is 1.75. The highest BCUT2D eigenvalue weighted by Gasteiger charge is 2.27. The molecule has 0 fully saturated rings. The van der Waals surface area contributed by atoms with E-state index in [-0.39, 0.29) is 12.6 Å². The van der Waals surface area contributed by atoms with Crippen LogP contribution in [0.25, 0.3) is 0 Å². The summed E-state index contributed by atoms with van der Waals surface area (Å²) in [5.74, 6) is 0. The number of alkyl halides is 3. The molecule has 0 aliphatic heterocycles. The molecule has 0 aliphatic rings. The Labute approximate surface area is 110 Å². The van der Waals surface area contributed by atoms with E-state index in [9.17, 15) is 13.2 Å². The van der Waals surface area contributed by atoms with E-state index in [0.29, 0.717) is 6.42 Å². The minimum Gasteiger partial charge on any atom is -0.370 e. The van der Waals surface area contributed by atoms with Crippen molar-refractivity contribution < 1.29 is 17.9 Å². The highest BCUT2D eigenvalue weighted by molar-refractivity contribution is 5.11. The minimum atomic E-state index is -4.28. The Balaban J connectivity index is 2.49. The second kappa shape index (κ2) is 6.91. The van der Waals surface area contributed by atoms with Crippen molar-refractivity contribution in [3.05, 3.63) is 17.5 Å². The third-order valence-corrected chi connectivity index (χ3v) is 2.84. The normalized spacial score (nSPS) is 13.8. The van der Waals surface area contributed by atoms with Gasteiger partial charge in [-0.3, -0.25) is 4.68 Å². The number of aromatic nitrogens is 2. The molecule has 110 valence electrons. The molecular weight excluding hydrogens is 259 g/mol. The molecule has 0 bridgehead atoms. The van der Waals surface area contributed by atoms with Crippen molar-refractivity contribution >= 4 is 0 Å². The van der Waals surface area contributed by atoms with Gasteiger partial charge in [-0.05, 0) is 19.5 Å². The lowest BCUT2D eigenvalue weighted by atomic mass is 10.1. The predicted molar refractivity (Wildman–Crippen MR) is 66.0 cm³/mol. The topological polar surface area (TPSA) is 39.1 Å². The Morgan fingerprint density at radius 1 is 1.47 bits per heavy atom. The molecular formula is C12H20F3N3O. The molecule has 4 nitrogen and oxygen atoms in total. The Morgan fingerprint density at radius 3 is 2.63 bits per heavy atom. The Kier molecular flexibility index (Phi) is 5.81. The van der Waals surface area contributed by atoms with Crippen LogP contribution in [0.15, 0.2) is 6.07 Å². The van der Waals surface area contributed by atoms with Crippen LogP contribution in [0.4, 0.5) is 13.2 Å². The number of hydrogen-bond donors (Lipinski definition) is 1. The minimum absolute atomic E-state index is 0.0165. The number of hydrogen-bond acceptors (Lipinski definition) is 3. The van der Waals surface area contributed by atoms with E-state index < -0.39 is 12.8 Å². The van der Waals surface area contributed by atoms with E-state index in [0.717, 1.165) is 17.8 Å². The summed E-state index contributed by atoms with van der Waals surface area (Å²) in [7, 11) is 3.54. The molecule has 1 aromatic heterocycles. The summed E-state index contributed by atoms with van der Waals surface area (Å²) in [6.07, 6.45) is -2.86. The van der Waals surface area contributed by atoms with Crippen molar-refractivity contribution in [3.8, 4) is 0 Å². The van der Waals surface area contributed by atoms with Crippen LogP contribution in [0.3, 0.4) is 0 Å². The van der Waals surface area contributed by atoms with Gasteiger partial charge in [0.25, 0.3) is 0 Å². The second-order valence-electron chi connectivity index (χ2n) is 4.42. The molecule has 0 amide bonds. The maximum absolute atomic E-state index is 12.0. The van der Waals surface area contributed by atoms with E-state index in [2.05, 4.69) is 15.2 Å². The van der Waals surface area contributed by atoms with Crippen molar-refractivity contribution in [1.82, 2.24) is 15.1 Å². The fraction of sp³-hybridized carbons (Fsp3) is 0.750.